The molecule has 4 N–H and O–H groups in total. The van der Waals surface area contributed by atoms with Crippen molar-refractivity contribution in [2.45, 2.75) is 20.3 Å². The van der Waals surface area contributed by atoms with Crippen molar-refractivity contribution in [2.75, 3.05) is 12.3 Å². The van der Waals surface area contributed by atoms with Crippen LogP contribution in [0.2, 0.25) is 0 Å². The molecule has 0 saturated carbocycles. The topological polar surface area (TPSA) is 64.9 Å². The van der Waals surface area contributed by atoms with Crippen molar-refractivity contribution in [3.05, 3.63) is 23.4 Å². The fourth-order valence-corrected chi connectivity index (χ4v) is 1.26. The molecule has 0 amide bonds. The molecule has 1 atom stereocenters. The molecule has 0 radical (unpaired) electrons. The van der Waals surface area contributed by atoms with Gasteiger partial charge >= 0.3 is 0 Å². The van der Waals surface area contributed by atoms with Gasteiger partial charge in [-0.05, 0) is 36.9 Å². The van der Waals surface area contributed by atoms with Gasteiger partial charge in [0, 0.05) is 6.20 Å². The Balaban J connectivity index is 2.81. The lowest BCUT2D eigenvalue weighted by Gasteiger charge is -2.10. The summed E-state index contributed by atoms with van der Waals surface area (Å²) >= 11 is 0. The third-order valence-corrected chi connectivity index (χ3v) is 2.11. The predicted octanol–water partition coefficient (Wildman–Crippen LogP) is 1.11. The molecule has 3 nitrogen and oxygen atoms in total. The molecule has 1 heterocycles. The molecule has 1 unspecified atom stereocenters. The van der Waals surface area contributed by atoms with Crippen LogP contribution in [0.1, 0.15) is 18.1 Å². The van der Waals surface area contributed by atoms with Gasteiger partial charge in [-0.15, -0.1) is 0 Å². The summed E-state index contributed by atoms with van der Waals surface area (Å²) in [5.74, 6) is 1.09. The van der Waals surface area contributed by atoms with E-state index >= 15 is 0 Å². The van der Waals surface area contributed by atoms with Crippen LogP contribution in [0, 0.1) is 12.8 Å². The van der Waals surface area contributed by atoms with Crippen molar-refractivity contribution in [1.29, 1.82) is 0 Å². The van der Waals surface area contributed by atoms with E-state index in [2.05, 4.69) is 18.0 Å². The zero-order valence-corrected chi connectivity index (χ0v) is 8.25. The molecule has 0 aliphatic heterocycles. The summed E-state index contributed by atoms with van der Waals surface area (Å²) in [7, 11) is 0. The van der Waals surface area contributed by atoms with Crippen molar-refractivity contribution < 1.29 is 0 Å². The number of anilines is 1. The zero-order valence-electron chi connectivity index (χ0n) is 8.25. The molecule has 0 aromatic carbocycles. The standard InChI is InChI=1S/C10H17N3/c1-7(5-11)3-9-4-8(2)6-13-10(9)12/h4,6-7H,3,5,11H2,1-2H3,(H2,12,13). The quantitative estimate of drug-likeness (QED) is 0.730. The van der Waals surface area contributed by atoms with E-state index in [0.29, 0.717) is 18.3 Å². The van der Waals surface area contributed by atoms with Gasteiger partial charge in [0.05, 0.1) is 0 Å². The first-order valence-corrected chi connectivity index (χ1v) is 4.54. The minimum atomic E-state index is 0.464. The van der Waals surface area contributed by atoms with Crippen LogP contribution in [-0.2, 0) is 6.42 Å². The number of hydrogen-bond donors (Lipinski definition) is 2. The smallest absolute Gasteiger partial charge is 0.126 e. The van der Waals surface area contributed by atoms with E-state index in [9.17, 15) is 0 Å². The molecule has 0 aliphatic carbocycles. The lowest BCUT2D eigenvalue weighted by atomic mass is 10.0. The van der Waals surface area contributed by atoms with Crippen LogP contribution in [0.4, 0.5) is 5.82 Å². The van der Waals surface area contributed by atoms with Gasteiger partial charge in [-0.1, -0.05) is 13.0 Å². The highest BCUT2D eigenvalue weighted by Gasteiger charge is 2.05. The number of aryl methyl sites for hydroxylation is 1. The Hall–Kier alpha value is -1.09. The monoisotopic (exact) mass is 179 g/mol. The third kappa shape index (κ3) is 2.70. The van der Waals surface area contributed by atoms with Gasteiger partial charge in [-0.3, -0.25) is 0 Å². The number of nitrogen functional groups attached to an aromatic ring is 1. The van der Waals surface area contributed by atoms with Crippen molar-refractivity contribution in [1.82, 2.24) is 4.98 Å². The van der Waals surface area contributed by atoms with Gasteiger partial charge in [0.25, 0.3) is 0 Å². The summed E-state index contributed by atoms with van der Waals surface area (Å²) in [6.07, 6.45) is 2.70. The highest BCUT2D eigenvalue weighted by Crippen LogP contribution is 2.14. The van der Waals surface area contributed by atoms with Gasteiger partial charge in [0.2, 0.25) is 0 Å². The Labute approximate surface area is 79.2 Å². The van der Waals surface area contributed by atoms with E-state index in [1.807, 2.05) is 6.92 Å². The maximum Gasteiger partial charge on any atom is 0.126 e. The minimum absolute atomic E-state index is 0.464. The Morgan fingerprint density at radius 3 is 2.85 bits per heavy atom. The van der Waals surface area contributed by atoms with Gasteiger partial charge in [-0.2, -0.15) is 0 Å². The third-order valence-electron chi connectivity index (χ3n) is 2.11. The normalized spacial score (nSPS) is 12.8. The zero-order chi connectivity index (χ0) is 9.84. The van der Waals surface area contributed by atoms with Gasteiger partial charge < -0.3 is 11.5 Å². The summed E-state index contributed by atoms with van der Waals surface area (Å²) in [6.45, 7) is 4.82. The molecule has 1 aromatic heterocycles. The predicted molar refractivity (Wildman–Crippen MR) is 55.3 cm³/mol. The summed E-state index contributed by atoms with van der Waals surface area (Å²) < 4.78 is 0. The van der Waals surface area contributed by atoms with E-state index in [-0.39, 0.29) is 0 Å². The van der Waals surface area contributed by atoms with Crippen LogP contribution in [0.25, 0.3) is 0 Å². The van der Waals surface area contributed by atoms with Crippen molar-refractivity contribution in [2.24, 2.45) is 11.7 Å². The molecule has 72 valence electrons. The summed E-state index contributed by atoms with van der Waals surface area (Å²) in [5, 5.41) is 0. The number of nitrogens with two attached hydrogens (primary N) is 2. The fraction of sp³-hybridized carbons (Fsp3) is 0.500. The molecule has 1 rings (SSSR count). The van der Waals surface area contributed by atoms with E-state index in [1.54, 1.807) is 6.20 Å². The van der Waals surface area contributed by atoms with Gasteiger partial charge in [0.1, 0.15) is 5.82 Å². The number of pyridine rings is 1. The number of nitrogens with zero attached hydrogens (tertiary/aromatic N) is 1. The molecule has 1 aromatic rings. The van der Waals surface area contributed by atoms with Crippen molar-refractivity contribution in [3.8, 4) is 0 Å². The Kier molecular flexibility index (Phi) is 3.25. The Bertz CT molecular complexity index is 283. The van der Waals surface area contributed by atoms with Crippen LogP contribution >= 0.6 is 0 Å². The first kappa shape index (κ1) is 9.99. The molecule has 13 heavy (non-hydrogen) atoms. The van der Waals surface area contributed by atoms with E-state index in [1.165, 1.54) is 0 Å². The lowest BCUT2D eigenvalue weighted by Crippen LogP contribution is -2.14. The highest BCUT2D eigenvalue weighted by atomic mass is 14.8. The second-order valence-electron chi connectivity index (χ2n) is 3.60. The second kappa shape index (κ2) is 4.23. The largest absolute Gasteiger partial charge is 0.383 e. The van der Waals surface area contributed by atoms with Crippen LogP contribution < -0.4 is 11.5 Å². The van der Waals surface area contributed by atoms with Crippen LogP contribution in [-0.4, -0.2) is 11.5 Å². The molecular weight excluding hydrogens is 162 g/mol. The maximum atomic E-state index is 5.74. The molecule has 0 spiro atoms. The highest BCUT2D eigenvalue weighted by molar-refractivity contribution is 5.40. The van der Waals surface area contributed by atoms with Gasteiger partial charge in [-0.25, -0.2) is 4.98 Å². The van der Waals surface area contributed by atoms with Crippen LogP contribution in [0.3, 0.4) is 0 Å². The Morgan fingerprint density at radius 2 is 2.23 bits per heavy atom. The van der Waals surface area contributed by atoms with E-state index in [0.717, 1.165) is 17.5 Å². The second-order valence-corrected chi connectivity index (χ2v) is 3.60. The summed E-state index contributed by atoms with van der Waals surface area (Å²) in [4.78, 5) is 4.10. The Morgan fingerprint density at radius 1 is 1.54 bits per heavy atom. The maximum absolute atomic E-state index is 5.74. The first-order chi connectivity index (χ1) is 6.13. The number of rotatable bonds is 3. The molecule has 0 saturated heterocycles. The van der Waals surface area contributed by atoms with Crippen molar-refractivity contribution >= 4 is 5.82 Å². The molecule has 3 heteroatoms. The molecule has 0 aliphatic rings. The summed E-state index contributed by atoms with van der Waals surface area (Å²) in [5.41, 5.74) is 13.5. The molecular formula is C10H17N3. The molecule has 0 fully saturated rings. The van der Waals surface area contributed by atoms with E-state index in [4.69, 9.17) is 11.5 Å². The van der Waals surface area contributed by atoms with Crippen LogP contribution in [0.5, 0.6) is 0 Å². The first-order valence-electron chi connectivity index (χ1n) is 4.54. The minimum Gasteiger partial charge on any atom is -0.383 e. The van der Waals surface area contributed by atoms with Crippen LogP contribution in [0.15, 0.2) is 12.3 Å². The molecule has 0 bridgehead atoms. The van der Waals surface area contributed by atoms with E-state index < -0.39 is 0 Å². The average molecular weight is 179 g/mol. The number of aromatic nitrogens is 1. The lowest BCUT2D eigenvalue weighted by molar-refractivity contribution is 0.593. The number of hydrogen-bond acceptors (Lipinski definition) is 3. The fourth-order valence-electron chi connectivity index (χ4n) is 1.26. The van der Waals surface area contributed by atoms with Gasteiger partial charge in [0.15, 0.2) is 0 Å². The average Bonchev–Trinajstić information content (AvgIpc) is 2.11. The van der Waals surface area contributed by atoms with Crippen molar-refractivity contribution in [3.63, 3.8) is 0 Å². The SMILES string of the molecule is Cc1cnc(N)c(CC(C)CN)c1. The summed E-state index contributed by atoms with van der Waals surface area (Å²) in [6, 6.07) is 2.08.